The third kappa shape index (κ3) is 3.81. The second-order valence-corrected chi connectivity index (χ2v) is 7.96. The van der Waals surface area contributed by atoms with Gasteiger partial charge in [0.1, 0.15) is 0 Å². The van der Waals surface area contributed by atoms with E-state index in [1.165, 1.54) is 0 Å². The van der Waals surface area contributed by atoms with E-state index >= 15 is 0 Å². The fraction of sp³-hybridized carbons (Fsp3) is 0.571. The number of sulfonamides is 1. The Bertz CT molecular complexity index is 523. The summed E-state index contributed by atoms with van der Waals surface area (Å²) in [5, 5.41) is 3.34. The van der Waals surface area contributed by atoms with Crippen LogP contribution in [0.1, 0.15) is 19.8 Å². The standard InChI is InChI=1S/C14H21BrN2O2S/c1-2-16-11-12-7-9-17(10-8-12)20(18,19)14-5-3-13(15)4-6-14/h3-6,12,16H,2,7-11H2,1H3. The molecule has 0 spiro atoms. The molecule has 0 aromatic heterocycles. The van der Waals surface area contributed by atoms with E-state index in [9.17, 15) is 8.42 Å². The first-order valence-corrected chi connectivity index (χ1v) is 9.23. The largest absolute Gasteiger partial charge is 0.317 e. The first-order chi connectivity index (χ1) is 9.54. The number of piperidine rings is 1. The molecule has 1 aromatic rings. The molecule has 0 aliphatic carbocycles. The molecule has 0 unspecified atom stereocenters. The van der Waals surface area contributed by atoms with Gasteiger partial charge in [-0.05, 0) is 56.1 Å². The van der Waals surface area contributed by atoms with Crippen molar-refractivity contribution in [2.45, 2.75) is 24.7 Å². The lowest BCUT2D eigenvalue weighted by molar-refractivity contribution is 0.268. The highest BCUT2D eigenvalue weighted by atomic mass is 79.9. The van der Waals surface area contributed by atoms with E-state index in [1.54, 1.807) is 28.6 Å². The highest BCUT2D eigenvalue weighted by molar-refractivity contribution is 9.10. The molecule has 1 saturated heterocycles. The van der Waals surface area contributed by atoms with E-state index in [0.29, 0.717) is 23.9 Å². The van der Waals surface area contributed by atoms with Crippen molar-refractivity contribution in [3.8, 4) is 0 Å². The van der Waals surface area contributed by atoms with Crippen molar-refractivity contribution in [3.63, 3.8) is 0 Å². The third-order valence-corrected chi connectivity index (χ3v) is 6.15. The van der Waals surface area contributed by atoms with Crippen LogP contribution in [0.5, 0.6) is 0 Å². The molecule has 20 heavy (non-hydrogen) atoms. The van der Waals surface area contributed by atoms with E-state index in [4.69, 9.17) is 0 Å². The second kappa shape index (κ2) is 7.02. The SMILES string of the molecule is CCNCC1CCN(S(=O)(=O)c2ccc(Br)cc2)CC1. The molecule has 1 aliphatic heterocycles. The number of benzene rings is 1. The number of halogens is 1. The van der Waals surface area contributed by atoms with Crippen LogP contribution in [0.3, 0.4) is 0 Å². The zero-order chi connectivity index (χ0) is 14.6. The van der Waals surface area contributed by atoms with Crippen molar-refractivity contribution in [1.29, 1.82) is 0 Å². The van der Waals surface area contributed by atoms with Crippen LogP contribution < -0.4 is 5.32 Å². The molecule has 1 aromatic carbocycles. The Morgan fingerprint density at radius 1 is 1.25 bits per heavy atom. The molecular formula is C14H21BrN2O2S. The second-order valence-electron chi connectivity index (χ2n) is 5.11. The molecular weight excluding hydrogens is 340 g/mol. The van der Waals surface area contributed by atoms with Crippen LogP contribution in [0.4, 0.5) is 0 Å². The van der Waals surface area contributed by atoms with Crippen LogP contribution >= 0.6 is 15.9 Å². The lowest BCUT2D eigenvalue weighted by atomic mass is 9.98. The number of hydrogen-bond acceptors (Lipinski definition) is 3. The van der Waals surface area contributed by atoms with E-state index in [-0.39, 0.29) is 0 Å². The minimum absolute atomic E-state index is 0.380. The Hall–Kier alpha value is -0.430. The average molecular weight is 361 g/mol. The fourth-order valence-corrected chi connectivity index (χ4v) is 4.19. The van der Waals surface area contributed by atoms with Gasteiger partial charge < -0.3 is 5.32 Å². The Balaban J connectivity index is 2.00. The fourth-order valence-electron chi connectivity index (χ4n) is 2.46. The summed E-state index contributed by atoms with van der Waals surface area (Å²) < 4.78 is 27.5. The van der Waals surface area contributed by atoms with Gasteiger partial charge in [-0.1, -0.05) is 22.9 Å². The van der Waals surface area contributed by atoms with Crippen molar-refractivity contribution in [1.82, 2.24) is 9.62 Å². The van der Waals surface area contributed by atoms with Gasteiger partial charge >= 0.3 is 0 Å². The summed E-state index contributed by atoms with van der Waals surface area (Å²) in [5.74, 6) is 0.589. The predicted octanol–water partition coefficient (Wildman–Crippen LogP) is 2.46. The van der Waals surface area contributed by atoms with E-state index in [1.807, 2.05) is 0 Å². The normalized spacial score (nSPS) is 18.3. The summed E-state index contributed by atoms with van der Waals surface area (Å²) in [6.45, 7) is 5.29. The van der Waals surface area contributed by atoms with Crippen molar-refractivity contribution < 1.29 is 8.42 Å². The number of nitrogens with one attached hydrogen (secondary N) is 1. The minimum atomic E-state index is -3.33. The number of hydrogen-bond donors (Lipinski definition) is 1. The molecule has 0 bridgehead atoms. The van der Waals surface area contributed by atoms with Gasteiger partial charge in [-0.15, -0.1) is 0 Å². The highest BCUT2D eigenvalue weighted by Crippen LogP contribution is 2.24. The highest BCUT2D eigenvalue weighted by Gasteiger charge is 2.28. The van der Waals surface area contributed by atoms with Crippen LogP contribution in [-0.4, -0.2) is 38.9 Å². The first-order valence-electron chi connectivity index (χ1n) is 7.00. The van der Waals surface area contributed by atoms with Crippen molar-refractivity contribution >= 4 is 26.0 Å². The summed E-state index contributed by atoms with van der Waals surface area (Å²) in [6.07, 6.45) is 1.87. The Kier molecular flexibility index (Phi) is 5.60. The molecule has 1 heterocycles. The lowest BCUT2D eigenvalue weighted by Gasteiger charge is -2.31. The van der Waals surface area contributed by atoms with E-state index in [0.717, 1.165) is 30.4 Å². The Morgan fingerprint density at radius 3 is 2.40 bits per heavy atom. The summed E-state index contributed by atoms with van der Waals surface area (Å²) in [5.41, 5.74) is 0. The van der Waals surface area contributed by atoms with Crippen LogP contribution in [0.2, 0.25) is 0 Å². The Morgan fingerprint density at radius 2 is 1.85 bits per heavy atom. The van der Waals surface area contributed by atoms with Crippen LogP contribution in [0.25, 0.3) is 0 Å². The smallest absolute Gasteiger partial charge is 0.243 e. The molecule has 0 amide bonds. The average Bonchev–Trinajstić information content (AvgIpc) is 2.46. The topological polar surface area (TPSA) is 49.4 Å². The predicted molar refractivity (Wildman–Crippen MR) is 84.2 cm³/mol. The van der Waals surface area contributed by atoms with Crippen LogP contribution in [-0.2, 0) is 10.0 Å². The molecule has 0 radical (unpaired) electrons. The summed E-state index contributed by atoms with van der Waals surface area (Å²) in [7, 11) is -3.33. The summed E-state index contributed by atoms with van der Waals surface area (Å²) in [4.78, 5) is 0.380. The number of nitrogens with zero attached hydrogens (tertiary/aromatic N) is 1. The lowest BCUT2D eigenvalue weighted by Crippen LogP contribution is -2.40. The van der Waals surface area contributed by atoms with Gasteiger partial charge in [-0.25, -0.2) is 8.42 Å². The molecule has 1 N–H and O–H groups in total. The summed E-state index contributed by atoms with van der Waals surface area (Å²) >= 11 is 3.32. The van der Waals surface area contributed by atoms with Crippen molar-refractivity contribution in [3.05, 3.63) is 28.7 Å². The van der Waals surface area contributed by atoms with E-state index < -0.39 is 10.0 Å². The number of rotatable bonds is 5. The van der Waals surface area contributed by atoms with Crippen molar-refractivity contribution in [2.75, 3.05) is 26.2 Å². The first kappa shape index (κ1) is 15.9. The minimum Gasteiger partial charge on any atom is -0.317 e. The van der Waals surface area contributed by atoms with Crippen LogP contribution in [0.15, 0.2) is 33.6 Å². The summed E-state index contributed by atoms with van der Waals surface area (Å²) in [6, 6.07) is 6.85. The molecule has 1 aliphatic rings. The monoisotopic (exact) mass is 360 g/mol. The van der Waals surface area contributed by atoms with Gasteiger partial charge in [0.15, 0.2) is 0 Å². The van der Waals surface area contributed by atoms with Crippen LogP contribution in [0, 0.1) is 5.92 Å². The van der Waals surface area contributed by atoms with E-state index in [2.05, 4.69) is 28.2 Å². The Labute approximate surface area is 129 Å². The van der Waals surface area contributed by atoms with Crippen molar-refractivity contribution in [2.24, 2.45) is 5.92 Å². The van der Waals surface area contributed by atoms with Gasteiger partial charge in [0.05, 0.1) is 4.90 Å². The molecule has 2 rings (SSSR count). The van der Waals surface area contributed by atoms with Gasteiger partial charge in [-0.2, -0.15) is 4.31 Å². The third-order valence-electron chi connectivity index (χ3n) is 3.71. The molecule has 6 heteroatoms. The zero-order valence-corrected chi connectivity index (χ0v) is 14.1. The molecule has 4 nitrogen and oxygen atoms in total. The molecule has 112 valence electrons. The zero-order valence-electron chi connectivity index (χ0n) is 11.7. The van der Waals surface area contributed by atoms with Gasteiger partial charge in [0, 0.05) is 17.6 Å². The maximum atomic E-state index is 12.5. The van der Waals surface area contributed by atoms with Gasteiger partial charge in [-0.3, -0.25) is 0 Å². The van der Waals surface area contributed by atoms with Gasteiger partial charge in [0.2, 0.25) is 10.0 Å². The van der Waals surface area contributed by atoms with Gasteiger partial charge in [0.25, 0.3) is 0 Å². The maximum absolute atomic E-state index is 12.5. The molecule has 1 fully saturated rings. The molecule has 0 atom stereocenters. The molecule has 0 saturated carbocycles. The quantitative estimate of drug-likeness (QED) is 0.877. The maximum Gasteiger partial charge on any atom is 0.243 e.